The number of hydrogen-bond donors (Lipinski definition) is 1. The minimum Gasteiger partial charge on any atom is -0.465 e. The van der Waals surface area contributed by atoms with Crippen LogP contribution in [0.3, 0.4) is 0 Å². The Morgan fingerprint density at radius 3 is 2.52 bits per heavy atom. The van der Waals surface area contributed by atoms with Gasteiger partial charge in [0, 0.05) is 13.1 Å². The summed E-state index contributed by atoms with van der Waals surface area (Å²) in [7, 11) is -2.68. The van der Waals surface area contributed by atoms with Crippen LogP contribution in [-0.4, -0.2) is 51.4 Å². The normalized spacial score (nSPS) is 16.2. The molecule has 2 rings (SSSR count). The van der Waals surface area contributed by atoms with Crippen LogP contribution in [0.1, 0.15) is 30.1 Å². The lowest BCUT2D eigenvalue weighted by Gasteiger charge is -2.21. The second-order valence-corrected chi connectivity index (χ2v) is 7.11. The number of benzene rings is 1. The van der Waals surface area contributed by atoms with Gasteiger partial charge in [0.05, 0.1) is 23.6 Å². The number of nitrogens with zero attached hydrogens (tertiary/aromatic N) is 1. The highest BCUT2D eigenvalue weighted by atomic mass is 32.2. The minimum atomic E-state index is -3.90. The monoisotopic (exact) mass is 340 g/mol. The molecule has 1 aromatic rings. The van der Waals surface area contributed by atoms with E-state index in [9.17, 15) is 18.0 Å². The molecule has 1 N–H and O–H groups in total. The Labute approximate surface area is 135 Å². The first-order chi connectivity index (χ1) is 10.8. The van der Waals surface area contributed by atoms with Crippen molar-refractivity contribution in [3.05, 3.63) is 29.8 Å². The van der Waals surface area contributed by atoms with Crippen molar-refractivity contribution >= 4 is 21.9 Å². The number of likely N-dealkylation sites (tertiary alicyclic amines) is 1. The number of hydrogen-bond acceptors (Lipinski definition) is 5. The third-order valence-electron chi connectivity index (χ3n) is 3.69. The number of nitrogens with one attached hydrogen (secondary N) is 1. The molecule has 0 spiro atoms. The molecule has 1 heterocycles. The summed E-state index contributed by atoms with van der Waals surface area (Å²) in [6.07, 6.45) is 1.87. The molecule has 0 radical (unpaired) electrons. The summed E-state index contributed by atoms with van der Waals surface area (Å²) in [5.41, 5.74) is 0.133. The first-order valence-corrected chi connectivity index (χ1v) is 8.83. The Kier molecular flexibility index (Phi) is 5.38. The lowest BCUT2D eigenvalue weighted by Crippen LogP contribution is -2.45. The lowest BCUT2D eigenvalue weighted by atomic mass is 10.2. The summed E-state index contributed by atoms with van der Waals surface area (Å²) in [6.45, 7) is 2.83. The van der Waals surface area contributed by atoms with Gasteiger partial charge in [-0.15, -0.1) is 0 Å². The molecule has 1 aliphatic rings. The first kappa shape index (κ1) is 17.4. The molecule has 0 aliphatic carbocycles. The largest absolute Gasteiger partial charge is 0.465 e. The van der Waals surface area contributed by atoms with Gasteiger partial charge in [0.25, 0.3) is 0 Å². The molecule has 0 bridgehead atoms. The highest BCUT2D eigenvalue weighted by Crippen LogP contribution is 2.14. The number of esters is 1. The molecule has 1 aliphatic heterocycles. The number of rotatable bonds is 5. The Morgan fingerprint density at radius 2 is 1.91 bits per heavy atom. The lowest BCUT2D eigenvalue weighted by molar-refractivity contribution is -0.131. The Balaban J connectivity index is 2.15. The van der Waals surface area contributed by atoms with E-state index in [4.69, 9.17) is 0 Å². The van der Waals surface area contributed by atoms with E-state index >= 15 is 0 Å². The van der Waals surface area contributed by atoms with Crippen molar-refractivity contribution in [1.29, 1.82) is 0 Å². The predicted octanol–water partition coefficient (Wildman–Crippen LogP) is 0.762. The average Bonchev–Trinajstić information content (AvgIpc) is 3.07. The third kappa shape index (κ3) is 4.08. The van der Waals surface area contributed by atoms with Crippen LogP contribution in [0, 0.1) is 0 Å². The van der Waals surface area contributed by atoms with Crippen molar-refractivity contribution in [2.75, 3.05) is 20.2 Å². The maximum absolute atomic E-state index is 12.4. The van der Waals surface area contributed by atoms with E-state index < -0.39 is 22.0 Å². The molecule has 0 saturated carbocycles. The van der Waals surface area contributed by atoms with Crippen molar-refractivity contribution in [1.82, 2.24) is 9.62 Å². The number of ether oxygens (including phenoxy) is 1. The van der Waals surface area contributed by atoms with Crippen LogP contribution in [0.2, 0.25) is 0 Å². The molecule has 1 atom stereocenters. The van der Waals surface area contributed by atoms with E-state index in [2.05, 4.69) is 9.46 Å². The van der Waals surface area contributed by atoms with E-state index in [1.165, 1.54) is 38.3 Å². The molecular formula is C15H20N2O5S. The average molecular weight is 340 g/mol. The molecule has 1 fully saturated rings. The molecule has 7 nitrogen and oxygen atoms in total. The molecule has 8 heteroatoms. The van der Waals surface area contributed by atoms with Gasteiger partial charge in [-0.3, -0.25) is 4.79 Å². The second-order valence-electron chi connectivity index (χ2n) is 5.39. The SMILES string of the molecule is COC(=O)c1cccc(S(=O)(=O)NC(C)C(=O)N2CCCC2)c1. The molecule has 1 unspecified atom stereocenters. The topological polar surface area (TPSA) is 92.8 Å². The van der Waals surface area contributed by atoms with Gasteiger partial charge in [0.15, 0.2) is 0 Å². The van der Waals surface area contributed by atoms with Crippen LogP contribution < -0.4 is 4.72 Å². The fraction of sp³-hybridized carbons (Fsp3) is 0.467. The maximum atomic E-state index is 12.4. The Bertz CT molecular complexity index is 696. The van der Waals surface area contributed by atoms with Gasteiger partial charge in [0.2, 0.25) is 15.9 Å². The quantitative estimate of drug-likeness (QED) is 0.799. The van der Waals surface area contributed by atoms with Crippen LogP contribution in [-0.2, 0) is 19.6 Å². The van der Waals surface area contributed by atoms with E-state index in [0.29, 0.717) is 13.1 Å². The summed E-state index contributed by atoms with van der Waals surface area (Å²) in [5, 5.41) is 0. The molecular weight excluding hydrogens is 320 g/mol. The standard InChI is InChI=1S/C15H20N2O5S/c1-11(14(18)17-8-3-4-9-17)16-23(20,21)13-7-5-6-12(10-13)15(19)22-2/h5-7,10-11,16H,3-4,8-9H2,1-2H3. The van der Waals surface area contributed by atoms with Gasteiger partial charge in [-0.05, 0) is 38.0 Å². The maximum Gasteiger partial charge on any atom is 0.337 e. The van der Waals surface area contributed by atoms with Crippen molar-refractivity contribution in [3.63, 3.8) is 0 Å². The Hall–Kier alpha value is -1.93. The fourth-order valence-electron chi connectivity index (χ4n) is 2.47. The van der Waals surface area contributed by atoms with Crippen LogP contribution >= 0.6 is 0 Å². The zero-order valence-electron chi connectivity index (χ0n) is 13.1. The number of carbonyl (C=O) groups excluding carboxylic acids is 2. The molecule has 0 aromatic heterocycles. The van der Waals surface area contributed by atoms with Crippen LogP contribution in [0.15, 0.2) is 29.2 Å². The molecule has 23 heavy (non-hydrogen) atoms. The molecule has 1 saturated heterocycles. The highest BCUT2D eigenvalue weighted by Gasteiger charge is 2.27. The highest BCUT2D eigenvalue weighted by molar-refractivity contribution is 7.89. The van der Waals surface area contributed by atoms with Crippen molar-refractivity contribution in [3.8, 4) is 0 Å². The van der Waals surface area contributed by atoms with Crippen LogP contribution in [0.25, 0.3) is 0 Å². The summed E-state index contributed by atoms with van der Waals surface area (Å²) in [6, 6.07) is 4.64. The first-order valence-electron chi connectivity index (χ1n) is 7.34. The molecule has 1 amide bonds. The van der Waals surface area contributed by atoms with E-state index in [-0.39, 0.29) is 16.4 Å². The van der Waals surface area contributed by atoms with E-state index in [0.717, 1.165) is 12.8 Å². The fourth-order valence-corrected chi connectivity index (χ4v) is 3.71. The summed E-state index contributed by atoms with van der Waals surface area (Å²) < 4.78 is 31.7. The number of carbonyl (C=O) groups is 2. The van der Waals surface area contributed by atoms with Crippen molar-refractivity contribution in [2.45, 2.75) is 30.7 Å². The van der Waals surface area contributed by atoms with Gasteiger partial charge < -0.3 is 9.64 Å². The van der Waals surface area contributed by atoms with E-state index in [1.54, 1.807) is 4.90 Å². The zero-order valence-corrected chi connectivity index (χ0v) is 13.9. The second kappa shape index (κ2) is 7.10. The summed E-state index contributed by atoms with van der Waals surface area (Å²) >= 11 is 0. The Morgan fingerprint density at radius 1 is 1.26 bits per heavy atom. The van der Waals surface area contributed by atoms with Gasteiger partial charge in [-0.2, -0.15) is 4.72 Å². The number of sulfonamides is 1. The summed E-state index contributed by atoms with van der Waals surface area (Å²) in [5.74, 6) is -0.863. The van der Waals surface area contributed by atoms with Gasteiger partial charge in [-0.1, -0.05) is 6.07 Å². The van der Waals surface area contributed by atoms with Crippen molar-refractivity contribution < 1.29 is 22.7 Å². The number of methoxy groups -OCH3 is 1. The molecule has 126 valence electrons. The van der Waals surface area contributed by atoms with Gasteiger partial charge in [0.1, 0.15) is 0 Å². The zero-order chi connectivity index (χ0) is 17.0. The van der Waals surface area contributed by atoms with Gasteiger partial charge >= 0.3 is 5.97 Å². The third-order valence-corrected chi connectivity index (χ3v) is 5.22. The van der Waals surface area contributed by atoms with Gasteiger partial charge in [-0.25, -0.2) is 13.2 Å². The number of amides is 1. The van der Waals surface area contributed by atoms with Crippen molar-refractivity contribution in [2.24, 2.45) is 0 Å². The summed E-state index contributed by atoms with van der Waals surface area (Å²) in [4.78, 5) is 25.3. The van der Waals surface area contributed by atoms with Crippen LogP contribution in [0.4, 0.5) is 0 Å². The smallest absolute Gasteiger partial charge is 0.337 e. The minimum absolute atomic E-state index is 0.0820. The predicted molar refractivity (Wildman–Crippen MR) is 83.4 cm³/mol. The van der Waals surface area contributed by atoms with Crippen LogP contribution in [0.5, 0.6) is 0 Å². The molecule has 1 aromatic carbocycles. The van der Waals surface area contributed by atoms with E-state index in [1.807, 2.05) is 0 Å².